The van der Waals surface area contributed by atoms with Crippen molar-refractivity contribution in [2.75, 3.05) is 12.3 Å². The van der Waals surface area contributed by atoms with E-state index in [1.54, 1.807) is 24.3 Å². The number of nitrogens with two attached hydrogens (primary N) is 1. The third kappa shape index (κ3) is 2.41. The van der Waals surface area contributed by atoms with Crippen LogP contribution in [0.25, 0.3) is 0 Å². The van der Waals surface area contributed by atoms with E-state index < -0.39 is 17.6 Å². The van der Waals surface area contributed by atoms with Crippen LogP contribution in [0.15, 0.2) is 24.3 Å². The molecule has 1 aromatic carbocycles. The van der Waals surface area contributed by atoms with Crippen LogP contribution in [0, 0.1) is 10.1 Å². The van der Waals surface area contributed by atoms with Crippen molar-refractivity contribution in [3.8, 4) is 0 Å². The summed E-state index contributed by atoms with van der Waals surface area (Å²) in [6.45, 7) is -0.520. The van der Waals surface area contributed by atoms with E-state index in [1.807, 2.05) is 0 Å². The van der Waals surface area contributed by atoms with Gasteiger partial charge in [-0.25, -0.2) is 0 Å². The van der Waals surface area contributed by atoms with Crippen molar-refractivity contribution in [2.24, 2.45) is 0 Å². The zero-order valence-electron chi connectivity index (χ0n) is 6.88. The van der Waals surface area contributed by atoms with E-state index in [-0.39, 0.29) is 0 Å². The van der Waals surface area contributed by atoms with Gasteiger partial charge in [0.25, 0.3) is 0 Å². The Morgan fingerprint density at radius 3 is 2.69 bits per heavy atom. The maximum Gasteiger partial charge on any atom is 0.233 e. The van der Waals surface area contributed by atoms with Crippen LogP contribution < -0.4 is 5.73 Å². The molecule has 3 N–H and O–H groups in total. The summed E-state index contributed by atoms with van der Waals surface area (Å²) >= 11 is 0. The summed E-state index contributed by atoms with van der Waals surface area (Å²) in [5.74, 6) is 0. The highest BCUT2D eigenvalue weighted by Crippen LogP contribution is 2.19. The second-order valence-electron chi connectivity index (χ2n) is 2.66. The maximum atomic E-state index is 10.1. The zero-order chi connectivity index (χ0) is 9.84. The summed E-state index contributed by atoms with van der Waals surface area (Å²) in [5.41, 5.74) is 6.29. The summed E-state index contributed by atoms with van der Waals surface area (Å²) in [5, 5.41) is 19.4. The predicted molar refractivity (Wildman–Crippen MR) is 47.7 cm³/mol. The molecule has 0 aliphatic heterocycles. The molecule has 0 bridgehead atoms. The van der Waals surface area contributed by atoms with Crippen molar-refractivity contribution in [3.63, 3.8) is 0 Å². The zero-order valence-corrected chi connectivity index (χ0v) is 6.88. The van der Waals surface area contributed by atoms with Crippen molar-refractivity contribution in [1.82, 2.24) is 0 Å². The second-order valence-corrected chi connectivity index (χ2v) is 2.66. The molecule has 1 aromatic rings. The Kier molecular flexibility index (Phi) is 2.81. The van der Waals surface area contributed by atoms with Crippen molar-refractivity contribution in [3.05, 3.63) is 39.9 Å². The molecule has 70 valence electrons. The molecule has 0 unspecified atom stereocenters. The average Bonchev–Trinajstić information content (AvgIpc) is 2.03. The minimum absolute atomic E-state index is 0.372. The maximum absolute atomic E-state index is 10.1. The summed E-state index contributed by atoms with van der Waals surface area (Å²) in [6.07, 6.45) is -1.13. The van der Waals surface area contributed by atoms with Crippen molar-refractivity contribution < 1.29 is 10.0 Å². The fourth-order valence-electron chi connectivity index (χ4n) is 1.05. The molecule has 0 aromatic heterocycles. The van der Waals surface area contributed by atoms with Crippen molar-refractivity contribution in [1.29, 1.82) is 0 Å². The minimum Gasteiger partial charge on any atom is -0.398 e. The first-order valence-electron chi connectivity index (χ1n) is 3.75. The van der Waals surface area contributed by atoms with Crippen LogP contribution in [0.5, 0.6) is 0 Å². The lowest BCUT2D eigenvalue weighted by atomic mass is 10.1. The molecule has 0 heterocycles. The number of nitrogen functional groups attached to an aromatic ring is 1. The number of hydrogen-bond donors (Lipinski definition) is 2. The van der Waals surface area contributed by atoms with Crippen LogP contribution in [-0.2, 0) is 0 Å². The highest BCUT2D eigenvalue weighted by atomic mass is 16.6. The van der Waals surface area contributed by atoms with Crippen LogP contribution in [0.1, 0.15) is 11.7 Å². The fourth-order valence-corrected chi connectivity index (χ4v) is 1.05. The van der Waals surface area contributed by atoms with Gasteiger partial charge in [-0.1, -0.05) is 18.2 Å². The Balaban J connectivity index is 2.82. The Labute approximate surface area is 74.9 Å². The highest BCUT2D eigenvalue weighted by molar-refractivity contribution is 5.47. The molecule has 1 rings (SSSR count). The number of anilines is 1. The van der Waals surface area contributed by atoms with Crippen LogP contribution in [0.4, 0.5) is 5.69 Å². The van der Waals surface area contributed by atoms with Gasteiger partial charge in [0.05, 0.1) is 0 Å². The Bertz CT molecular complexity index is 314. The Hall–Kier alpha value is -1.62. The summed E-state index contributed by atoms with van der Waals surface area (Å²) < 4.78 is 0. The number of aliphatic hydroxyl groups excluding tert-OH is 1. The molecule has 0 radical (unpaired) electrons. The molecule has 0 fully saturated rings. The third-order valence-corrected chi connectivity index (χ3v) is 1.68. The van der Waals surface area contributed by atoms with Gasteiger partial charge in [-0.2, -0.15) is 0 Å². The van der Waals surface area contributed by atoms with E-state index in [0.717, 1.165) is 0 Å². The molecule has 1 atom stereocenters. The van der Waals surface area contributed by atoms with Gasteiger partial charge < -0.3 is 10.8 Å². The molecule has 0 aliphatic carbocycles. The molecule has 0 spiro atoms. The van der Waals surface area contributed by atoms with Gasteiger partial charge in [-0.15, -0.1) is 0 Å². The topological polar surface area (TPSA) is 89.4 Å². The van der Waals surface area contributed by atoms with E-state index in [1.165, 1.54) is 0 Å². The van der Waals surface area contributed by atoms with Gasteiger partial charge in [0.15, 0.2) is 0 Å². The standard InChI is InChI=1S/C8H10N2O3/c9-7-4-2-1-3-6(7)8(11)5-10(12)13/h1-4,8,11H,5,9H2/t8-/m0/s1. The highest BCUT2D eigenvalue weighted by Gasteiger charge is 2.15. The van der Waals surface area contributed by atoms with Gasteiger partial charge in [-0.3, -0.25) is 10.1 Å². The monoisotopic (exact) mass is 182 g/mol. The second kappa shape index (κ2) is 3.86. The van der Waals surface area contributed by atoms with Crippen molar-refractivity contribution in [2.45, 2.75) is 6.10 Å². The Morgan fingerprint density at radius 1 is 1.54 bits per heavy atom. The van der Waals surface area contributed by atoms with Gasteiger partial charge in [0.2, 0.25) is 6.54 Å². The number of nitro groups is 1. The summed E-state index contributed by atoms with van der Waals surface area (Å²) in [6, 6.07) is 6.55. The van der Waals surface area contributed by atoms with Crippen LogP contribution in [0.3, 0.4) is 0 Å². The number of para-hydroxylation sites is 1. The third-order valence-electron chi connectivity index (χ3n) is 1.68. The largest absolute Gasteiger partial charge is 0.398 e. The molecule has 13 heavy (non-hydrogen) atoms. The lowest BCUT2D eigenvalue weighted by molar-refractivity contribution is -0.491. The van der Waals surface area contributed by atoms with Gasteiger partial charge in [-0.05, 0) is 6.07 Å². The minimum atomic E-state index is -1.13. The number of rotatable bonds is 3. The van der Waals surface area contributed by atoms with Crippen LogP contribution >= 0.6 is 0 Å². The molecule has 5 nitrogen and oxygen atoms in total. The molecule has 0 amide bonds. The lowest BCUT2D eigenvalue weighted by Gasteiger charge is -2.08. The first-order valence-corrected chi connectivity index (χ1v) is 3.75. The van der Waals surface area contributed by atoms with Gasteiger partial charge in [0.1, 0.15) is 6.10 Å². The van der Waals surface area contributed by atoms with E-state index in [9.17, 15) is 15.2 Å². The summed E-state index contributed by atoms with van der Waals surface area (Å²) in [7, 11) is 0. The van der Waals surface area contributed by atoms with E-state index in [2.05, 4.69) is 0 Å². The number of hydrogen-bond acceptors (Lipinski definition) is 4. The summed E-state index contributed by atoms with van der Waals surface area (Å²) in [4.78, 5) is 9.53. The molecule has 0 aliphatic rings. The Morgan fingerprint density at radius 2 is 2.15 bits per heavy atom. The fraction of sp³-hybridized carbons (Fsp3) is 0.250. The molecular formula is C8H10N2O3. The molecule has 0 saturated carbocycles. The van der Waals surface area contributed by atoms with Gasteiger partial charge in [0, 0.05) is 16.2 Å². The molecule has 5 heteroatoms. The first-order chi connectivity index (χ1) is 6.11. The molecular weight excluding hydrogens is 172 g/mol. The van der Waals surface area contributed by atoms with Gasteiger partial charge >= 0.3 is 0 Å². The van der Waals surface area contributed by atoms with Crippen molar-refractivity contribution >= 4 is 5.69 Å². The predicted octanol–water partition coefficient (Wildman–Crippen LogP) is 0.579. The number of aliphatic hydroxyl groups is 1. The van der Waals surface area contributed by atoms with Crippen LogP contribution in [-0.4, -0.2) is 16.6 Å². The number of nitrogens with zero attached hydrogens (tertiary/aromatic N) is 1. The van der Waals surface area contributed by atoms with E-state index >= 15 is 0 Å². The normalized spacial score (nSPS) is 12.4. The quantitative estimate of drug-likeness (QED) is 0.406. The average molecular weight is 182 g/mol. The smallest absolute Gasteiger partial charge is 0.233 e. The van der Waals surface area contributed by atoms with E-state index in [4.69, 9.17) is 5.73 Å². The lowest BCUT2D eigenvalue weighted by Crippen LogP contribution is -2.13. The van der Waals surface area contributed by atoms with Crippen LogP contribution in [0.2, 0.25) is 0 Å². The number of benzene rings is 1. The SMILES string of the molecule is Nc1ccccc1[C@@H](O)C[N+](=O)[O-]. The van der Waals surface area contributed by atoms with E-state index in [0.29, 0.717) is 11.3 Å². The first kappa shape index (κ1) is 9.47. The molecule has 0 saturated heterocycles.